The zero-order valence-corrected chi connectivity index (χ0v) is 12.4. The highest BCUT2D eigenvalue weighted by Crippen LogP contribution is 2.60. The van der Waals surface area contributed by atoms with E-state index in [-0.39, 0.29) is 19.4 Å². The zero-order valence-electron chi connectivity index (χ0n) is 11.6. The molecule has 1 heterocycles. The van der Waals surface area contributed by atoms with Crippen LogP contribution in [0.4, 0.5) is 13.2 Å². The van der Waals surface area contributed by atoms with Gasteiger partial charge in [0.2, 0.25) is 5.91 Å². The number of alkyl halides is 3. The molecule has 0 bridgehead atoms. The van der Waals surface area contributed by atoms with Crippen LogP contribution in [0.1, 0.15) is 25.7 Å². The summed E-state index contributed by atoms with van der Waals surface area (Å²) in [7, 11) is -1.73. The van der Waals surface area contributed by atoms with Gasteiger partial charge in [0, 0.05) is 6.54 Å². The van der Waals surface area contributed by atoms with Crippen LogP contribution in [0.25, 0.3) is 0 Å². The van der Waals surface area contributed by atoms with Crippen molar-refractivity contribution < 1.29 is 28.0 Å². The first-order chi connectivity index (χ1) is 9.74. The van der Waals surface area contributed by atoms with Gasteiger partial charge in [-0.2, -0.15) is 13.2 Å². The topological polar surface area (TPSA) is 72.8 Å². The molecule has 2 fully saturated rings. The van der Waals surface area contributed by atoms with Crippen molar-refractivity contribution in [1.82, 2.24) is 9.62 Å². The van der Waals surface area contributed by atoms with Gasteiger partial charge in [-0.15, -0.1) is 0 Å². The van der Waals surface area contributed by atoms with Crippen molar-refractivity contribution in [1.29, 1.82) is 0 Å². The first-order valence-corrected chi connectivity index (χ1v) is 7.99. The molecule has 21 heavy (non-hydrogen) atoms. The molecule has 1 aliphatic heterocycles. The molecule has 2 rings (SSSR count). The van der Waals surface area contributed by atoms with Crippen LogP contribution in [0.15, 0.2) is 0 Å². The number of halogens is 3. The average Bonchev–Trinajstić information content (AvgIpc) is 3.04. The van der Waals surface area contributed by atoms with Crippen LogP contribution >= 0.6 is 11.9 Å². The van der Waals surface area contributed by atoms with E-state index in [9.17, 15) is 28.0 Å². The number of rotatable bonds is 5. The van der Waals surface area contributed by atoms with E-state index in [0.717, 1.165) is 11.9 Å². The fraction of sp³-hybridized carbons (Fsp3) is 0.909. The lowest BCUT2D eigenvalue weighted by Gasteiger charge is -2.33. The summed E-state index contributed by atoms with van der Waals surface area (Å²) in [5, 5.41) is 18.6. The van der Waals surface area contributed by atoms with Gasteiger partial charge in [-0.25, -0.2) is 0 Å². The molecule has 0 aromatic carbocycles. The SMILES string of the molecule is CSNC(C(=O)N1CCCC1B(O)O)C1(C(F)(F)F)CC1. The monoisotopic (exact) mass is 326 g/mol. The molecule has 0 aromatic rings. The minimum atomic E-state index is -4.46. The van der Waals surface area contributed by atoms with E-state index in [1.807, 2.05) is 0 Å². The Morgan fingerprint density at radius 1 is 1.48 bits per heavy atom. The molecule has 0 spiro atoms. The largest absolute Gasteiger partial charge is 0.475 e. The summed E-state index contributed by atoms with van der Waals surface area (Å²) in [5.41, 5.74) is -2.03. The Bertz CT molecular complexity index is 407. The van der Waals surface area contributed by atoms with E-state index in [2.05, 4.69) is 4.72 Å². The molecular formula is C11H18BF3N2O3S. The van der Waals surface area contributed by atoms with Crippen LogP contribution in [0.2, 0.25) is 0 Å². The molecule has 1 saturated heterocycles. The lowest BCUT2D eigenvalue weighted by Crippen LogP contribution is -2.57. The summed E-state index contributed by atoms with van der Waals surface area (Å²) in [5.74, 6) is -1.53. The number of nitrogens with zero attached hydrogens (tertiary/aromatic N) is 1. The van der Waals surface area contributed by atoms with Crippen molar-refractivity contribution in [3.05, 3.63) is 0 Å². The van der Waals surface area contributed by atoms with Crippen LogP contribution in [0, 0.1) is 5.41 Å². The van der Waals surface area contributed by atoms with Gasteiger partial charge in [0.05, 0.1) is 11.4 Å². The van der Waals surface area contributed by atoms with Crippen molar-refractivity contribution in [2.45, 2.75) is 43.8 Å². The maximum absolute atomic E-state index is 13.3. The fourth-order valence-corrected chi connectivity index (χ4v) is 3.49. The van der Waals surface area contributed by atoms with E-state index in [1.165, 1.54) is 4.90 Å². The number of amides is 1. The third-order valence-corrected chi connectivity index (χ3v) is 4.79. The Kier molecular flexibility index (Phi) is 4.82. The predicted molar refractivity (Wildman–Crippen MR) is 73.1 cm³/mol. The van der Waals surface area contributed by atoms with Crippen molar-refractivity contribution in [2.75, 3.05) is 12.8 Å². The highest BCUT2D eigenvalue weighted by molar-refractivity contribution is 7.96. The molecule has 0 radical (unpaired) electrons. The summed E-state index contributed by atoms with van der Waals surface area (Å²) in [6.07, 6.45) is -2.12. The highest BCUT2D eigenvalue weighted by Gasteiger charge is 2.69. The molecular weight excluding hydrogens is 308 g/mol. The van der Waals surface area contributed by atoms with E-state index in [0.29, 0.717) is 12.8 Å². The summed E-state index contributed by atoms with van der Waals surface area (Å²) in [4.78, 5) is 13.7. The van der Waals surface area contributed by atoms with Gasteiger partial charge >= 0.3 is 13.3 Å². The van der Waals surface area contributed by atoms with Crippen LogP contribution in [0.3, 0.4) is 0 Å². The third-order valence-electron chi connectivity index (χ3n) is 4.31. The maximum Gasteiger partial charge on any atom is 0.475 e. The zero-order chi connectivity index (χ0) is 15.8. The second-order valence-electron chi connectivity index (χ2n) is 5.56. The molecule has 1 saturated carbocycles. The predicted octanol–water partition coefficient (Wildman–Crippen LogP) is 0.568. The standard InChI is InChI=1S/C11H18BF3N2O3S/c1-21-16-8(10(4-5-10)11(13,14)15)9(18)17-6-2-3-7(17)12(19)20/h7-8,16,19-20H,2-6H2,1H3. The third kappa shape index (κ3) is 3.04. The van der Waals surface area contributed by atoms with Crippen molar-refractivity contribution in [3.63, 3.8) is 0 Å². The van der Waals surface area contributed by atoms with Crippen LogP contribution in [-0.4, -0.2) is 58.9 Å². The second-order valence-corrected chi connectivity index (χ2v) is 6.21. The number of carbonyl (C=O) groups excluding carboxylic acids is 1. The Morgan fingerprint density at radius 3 is 2.52 bits per heavy atom. The van der Waals surface area contributed by atoms with Gasteiger partial charge in [0.15, 0.2) is 0 Å². The summed E-state index contributed by atoms with van der Waals surface area (Å²) >= 11 is 0.967. The first-order valence-electron chi connectivity index (χ1n) is 6.76. The smallest absolute Gasteiger partial charge is 0.426 e. The lowest BCUT2D eigenvalue weighted by atomic mass is 9.77. The van der Waals surface area contributed by atoms with Gasteiger partial charge in [0.1, 0.15) is 6.04 Å². The van der Waals surface area contributed by atoms with Gasteiger partial charge in [-0.3, -0.25) is 9.52 Å². The molecule has 1 aliphatic carbocycles. The molecule has 10 heteroatoms. The molecule has 0 aromatic heterocycles. The molecule has 120 valence electrons. The summed E-state index contributed by atoms with van der Waals surface area (Å²) < 4.78 is 42.3. The van der Waals surface area contributed by atoms with E-state index in [4.69, 9.17) is 0 Å². The van der Waals surface area contributed by atoms with Crippen molar-refractivity contribution in [2.24, 2.45) is 5.41 Å². The quantitative estimate of drug-likeness (QED) is 0.509. The van der Waals surface area contributed by atoms with Gasteiger partial charge in [-0.05, 0) is 31.9 Å². The fourth-order valence-electron chi connectivity index (χ4n) is 2.93. The lowest BCUT2D eigenvalue weighted by molar-refractivity contribution is -0.197. The minimum absolute atomic E-state index is 0.0827. The Morgan fingerprint density at radius 2 is 2.10 bits per heavy atom. The average molecular weight is 326 g/mol. The normalized spacial score (nSPS) is 25.8. The number of carbonyl (C=O) groups is 1. The molecule has 2 atom stereocenters. The van der Waals surface area contributed by atoms with E-state index in [1.54, 1.807) is 6.26 Å². The molecule has 5 nitrogen and oxygen atoms in total. The molecule has 2 unspecified atom stereocenters. The second kappa shape index (κ2) is 5.98. The molecule has 1 amide bonds. The van der Waals surface area contributed by atoms with Crippen molar-refractivity contribution >= 4 is 25.0 Å². The number of nitrogens with one attached hydrogen (secondary N) is 1. The number of hydrogen-bond donors (Lipinski definition) is 3. The van der Waals surface area contributed by atoms with Gasteiger partial charge in [-0.1, -0.05) is 11.9 Å². The molecule has 3 N–H and O–H groups in total. The molecule has 2 aliphatic rings. The number of likely N-dealkylation sites (tertiary alicyclic amines) is 1. The highest BCUT2D eigenvalue weighted by atomic mass is 32.2. The summed E-state index contributed by atoms with van der Waals surface area (Å²) in [6, 6.07) is -1.38. The number of hydrogen-bond acceptors (Lipinski definition) is 5. The van der Waals surface area contributed by atoms with E-state index < -0.39 is 36.6 Å². The Labute approximate surface area is 125 Å². The van der Waals surface area contributed by atoms with Crippen LogP contribution < -0.4 is 4.72 Å². The Balaban J connectivity index is 2.21. The maximum atomic E-state index is 13.3. The van der Waals surface area contributed by atoms with Crippen LogP contribution in [-0.2, 0) is 4.79 Å². The van der Waals surface area contributed by atoms with Gasteiger partial charge < -0.3 is 14.9 Å². The Hall–Kier alpha value is -0.445. The van der Waals surface area contributed by atoms with E-state index >= 15 is 0 Å². The van der Waals surface area contributed by atoms with Crippen molar-refractivity contribution in [3.8, 4) is 0 Å². The minimum Gasteiger partial charge on any atom is -0.426 e. The van der Waals surface area contributed by atoms with Crippen LogP contribution in [0.5, 0.6) is 0 Å². The van der Waals surface area contributed by atoms with Gasteiger partial charge in [0.25, 0.3) is 0 Å². The summed E-state index contributed by atoms with van der Waals surface area (Å²) in [6.45, 7) is 0.252. The first kappa shape index (κ1) is 16.9.